The third-order valence-electron chi connectivity index (χ3n) is 4.59. The Morgan fingerprint density at radius 3 is 2.67 bits per heavy atom. The van der Waals surface area contributed by atoms with E-state index in [2.05, 4.69) is 41.6 Å². The highest BCUT2D eigenvalue weighted by molar-refractivity contribution is 6.31. The van der Waals surface area contributed by atoms with Crippen LogP contribution >= 0.6 is 0 Å². The van der Waals surface area contributed by atoms with Crippen LogP contribution in [0.5, 0.6) is 0 Å². The SMILES string of the molecule is Cc1oc(C(C)(C)C)cc1-c1cc(N/C=C2/C(=O)Nc3ccccc32)[nH]n1. The van der Waals surface area contributed by atoms with Crippen LogP contribution in [-0.2, 0) is 10.2 Å². The quantitative estimate of drug-likeness (QED) is 0.591. The molecule has 0 aliphatic carbocycles. The lowest BCUT2D eigenvalue weighted by Gasteiger charge is -2.13. The van der Waals surface area contributed by atoms with Gasteiger partial charge in [0.05, 0.1) is 11.3 Å². The molecule has 1 amide bonds. The number of carbonyl (C=O) groups is 1. The molecule has 3 aromatic rings. The summed E-state index contributed by atoms with van der Waals surface area (Å²) in [4.78, 5) is 12.2. The molecular weight excluding hydrogens is 340 g/mol. The highest BCUT2D eigenvalue weighted by atomic mass is 16.3. The molecule has 0 spiro atoms. The first-order chi connectivity index (χ1) is 12.8. The molecule has 0 atom stereocenters. The molecular formula is C21H22N4O2. The summed E-state index contributed by atoms with van der Waals surface area (Å²) in [6.45, 7) is 8.28. The van der Waals surface area contributed by atoms with Gasteiger partial charge in [0.25, 0.3) is 5.91 Å². The average Bonchev–Trinajstić information content (AvgIpc) is 3.29. The van der Waals surface area contributed by atoms with Gasteiger partial charge in [-0.05, 0) is 19.1 Å². The minimum absolute atomic E-state index is 0.0615. The number of nitrogens with zero attached hydrogens (tertiary/aromatic N) is 1. The van der Waals surface area contributed by atoms with Crippen molar-refractivity contribution in [2.45, 2.75) is 33.1 Å². The Kier molecular flexibility index (Phi) is 3.91. The molecule has 1 aliphatic rings. The summed E-state index contributed by atoms with van der Waals surface area (Å²) in [6, 6.07) is 11.6. The highest BCUT2D eigenvalue weighted by Crippen LogP contribution is 2.33. The first-order valence-electron chi connectivity index (χ1n) is 8.87. The Morgan fingerprint density at radius 2 is 1.93 bits per heavy atom. The second kappa shape index (κ2) is 6.16. The molecule has 6 nitrogen and oxygen atoms in total. The van der Waals surface area contributed by atoms with Crippen molar-refractivity contribution in [3.63, 3.8) is 0 Å². The summed E-state index contributed by atoms with van der Waals surface area (Å²) in [5.74, 6) is 2.34. The lowest BCUT2D eigenvalue weighted by atomic mass is 9.93. The normalized spacial score (nSPS) is 15.1. The molecule has 4 rings (SSSR count). The highest BCUT2D eigenvalue weighted by Gasteiger charge is 2.24. The Morgan fingerprint density at radius 1 is 1.15 bits per heavy atom. The van der Waals surface area contributed by atoms with E-state index in [1.807, 2.05) is 43.3 Å². The Bertz CT molecular complexity index is 1050. The third-order valence-corrected chi connectivity index (χ3v) is 4.59. The second-order valence-electron chi connectivity index (χ2n) is 7.70. The van der Waals surface area contributed by atoms with Gasteiger partial charge >= 0.3 is 0 Å². The number of rotatable bonds is 3. The molecule has 0 unspecified atom stereocenters. The van der Waals surface area contributed by atoms with E-state index in [0.717, 1.165) is 34.0 Å². The third kappa shape index (κ3) is 3.14. The monoisotopic (exact) mass is 362 g/mol. The predicted octanol–water partition coefficient (Wildman–Crippen LogP) is 4.68. The van der Waals surface area contributed by atoms with Crippen LogP contribution < -0.4 is 10.6 Å². The van der Waals surface area contributed by atoms with Gasteiger partial charge in [-0.15, -0.1) is 0 Å². The molecule has 0 radical (unpaired) electrons. The van der Waals surface area contributed by atoms with E-state index in [1.54, 1.807) is 6.20 Å². The number of amides is 1. The number of carbonyl (C=O) groups excluding carboxylic acids is 1. The predicted molar refractivity (Wildman–Crippen MR) is 106 cm³/mol. The number of aromatic amines is 1. The molecule has 138 valence electrons. The molecule has 2 aromatic heterocycles. The van der Waals surface area contributed by atoms with Crippen molar-refractivity contribution in [1.82, 2.24) is 10.2 Å². The lowest BCUT2D eigenvalue weighted by Crippen LogP contribution is -2.09. The number of para-hydroxylation sites is 1. The zero-order valence-electron chi connectivity index (χ0n) is 15.8. The second-order valence-corrected chi connectivity index (χ2v) is 7.70. The number of hydrogen-bond acceptors (Lipinski definition) is 4. The van der Waals surface area contributed by atoms with Gasteiger partial charge in [-0.1, -0.05) is 39.0 Å². The average molecular weight is 362 g/mol. The summed E-state index contributed by atoms with van der Waals surface area (Å²) < 4.78 is 5.90. The lowest BCUT2D eigenvalue weighted by molar-refractivity contribution is -0.110. The van der Waals surface area contributed by atoms with Crippen molar-refractivity contribution in [3.05, 3.63) is 59.7 Å². The van der Waals surface area contributed by atoms with E-state index in [9.17, 15) is 4.79 Å². The number of benzene rings is 1. The van der Waals surface area contributed by atoms with Crippen LogP contribution in [0.2, 0.25) is 0 Å². The summed E-state index contributed by atoms with van der Waals surface area (Å²) in [6.07, 6.45) is 1.70. The van der Waals surface area contributed by atoms with Crippen LogP contribution in [0.25, 0.3) is 16.8 Å². The molecule has 6 heteroatoms. The van der Waals surface area contributed by atoms with Crippen LogP contribution in [0.3, 0.4) is 0 Å². The first kappa shape index (κ1) is 17.1. The maximum Gasteiger partial charge on any atom is 0.257 e. The van der Waals surface area contributed by atoms with Gasteiger partial charge in [0.2, 0.25) is 0 Å². The van der Waals surface area contributed by atoms with Crippen molar-refractivity contribution >= 4 is 23.0 Å². The van der Waals surface area contributed by atoms with E-state index >= 15 is 0 Å². The van der Waals surface area contributed by atoms with Crippen molar-refractivity contribution < 1.29 is 9.21 Å². The minimum Gasteiger partial charge on any atom is -0.465 e. The molecule has 3 heterocycles. The van der Waals surface area contributed by atoms with Crippen molar-refractivity contribution in [2.24, 2.45) is 0 Å². The largest absolute Gasteiger partial charge is 0.465 e. The summed E-state index contributed by atoms with van der Waals surface area (Å²) in [5, 5.41) is 13.3. The van der Waals surface area contributed by atoms with Crippen LogP contribution in [0.15, 0.2) is 47.0 Å². The van der Waals surface area contributed by atoms with Gasteiger partial charge in [0.1, 0.15) is 17.3 Å². The fourth-order valence-electron chi connectivity index (χ4n) is 3.07. The number of fused-ring (bicyclic) bond motifs is 1. The van der Waals surface area contributed by atoms with Gasteiger partial charge < -0.3 is 15.1 Å². The summed E-state index contributed by atoms with van der Waals surface area (Å²) >= 11 is 0. The van der Waals surface area contributed by atoms with Crippen LogP contribution in [-0.4, -0.2) is 16.1 Å². The molecule has 0 saturated carbocycles. The maximum absolute atomic E-state index is 12.2. The van der Waals surface area contributed by atoms with Gasteiger partial charge in [-0.25, -0.2) is 0 Å². The molecule has 1 aromatic carbocycles. The van der Waals surface area contributed by atoms with Crippen LogP contribution in [0, 0.1) is 6.92 Å². The van der Waals surface area contributed by atoms with Gasteiger partial charge in [0, 0.05) is 34.5 Å². The van der Waals surface area contributed by atoms with E-state index in [-0.39, 0.29) is 11.3 Å². The molecule has 3 N–H and O–H groups in total. The Hall–Kier alpha value is -3.28. The standard InChI is InChI=1S/C21H22N4O2/c1-12-14(9-18(27-12)21(2,3)4)17-10-19(25-24-17)22-11-15-13-7-5-6-8-16(13)23-20(15)26/h5-11H,1-4H3,(H,23,26)(H2,22,24,25)/b15-11+. The van der Waals surface area contributed by atoms with Crippen molar-refractivity contribution in [3.8, 4) is 11.3 Å². The van der Waals surface area contributed by atoms with Crippen LogP contribution in [0.4, 0.5) is 11.5 Å². The fraction of sp³-hybridized carbons (Fsp3) is 0.238. The van der Waals surface area contributed by atoms with Gasteiger partial charge in [-0.3, -0.25) is 9.89 Å². The molecule has 0 bridgehead atoms. The van der Waals surface area contributed by atoms with E-state index < -0.39 is 0 Å². The number of anilines is 2. The summed E-state index contributed by atoms with van der Waals surface area (Å²) in [7, 11) is 0. The number of H-pyrrole nitrogens is 1. The topological polar surface area (TPSA) is 83.0 Å². The number of aryl methyl sites for hydroxylation is 1. The summed E-state index contributed by atoms with van der Waals surface area (Å²) in [5.41, 5.74) is 3.99. The molecule has 27 heavy (non-hydrogen) atoms. The first-order valence-corrected chi connectivity index (χ1v) is 8.87. The maximum atomic E-state index is 12.2. The minimum atomic E-state index is -0.121. The van der Waals surface area contributed by atoms with E-state index in [0.29, 0.717) is 11.4 Å². The Balaban J connectivity index is 1.58. The molecule has 1 aliphatic heterocycles. The molecule has 0 fully saturated rings. The van der Waals surface area contributed by atoms with Crippen molar-refractivity contribution in [2.75, 3.05) is 10.6 Å². The van der Waals surface area contributed by atoms with Crippen LogP contribution in [0.1, 0.15) is 37.9 Å². The number of hydrogen-bond donors (Lipinski definition) is 3. The zero-order chi connectivity index (χ0) is 19.2. The van der Waals surface area contributed by atoms with Gasteiger partial charge in [0.15, 0.2) is 0 Å². The van der Waals surface area contributed by atoms with Crippen molar-refractivity contribution in [1.29, 1.82) is 0 Å². The van der Waals surface area contributed by atoms with E-state index in [4.69, 9.17) is 4.42 Å². The fourth-order valence-corrected chi connectivity index (χ4v) is 3.07. The number of aromatic nitrogens is 2. The number of nitrogens with one attached hydrogen (secondary N) is 3. The van der Waals surface area contributed by atoms with Gasteiger partial charge in [-0.2, -0.15) is 5.10 Å². The smallest absolute Gasteiger partial charge is 0.257 e. The Labute approximate surface area is 157 Å². The van der Waals surface area contributed by atoms with E-state index in [1.165, 1.54) is 0 Å². The zero-order valence-corrected chi connectivity index (χ0v) is 15.8. The molecule has 0 saturated heterocycles. The number of furan rings is 1.